The Morgan fingerprint density at radius 3 is 2.45 bits per heavy atom. The van der Waals surface area contributed by atoms with Crippen molar-refractivity contribution in [1.29, 1.82) is 0 Å². The van der Waals surface area contributed by atoms with Gasteiger partial charge in [0.2, 0.25) is 0 Å². The molecule has 1 unspecified atom stereocenters. The minimum atomic E-state index is -0.652. The number of methoxy groups -OCH3 is 1. The highest BCUT2D eigenvalue weighted by Gasteiger charge is 2.15. The summed E-state index contributed by atoms with van der Waals surface area (Å²) in [5.41, 5.74) is 2.69. The number of ether oxygens (including phenoxy) is 1. The summed E-state index contributed by atoms with van der Waals surface area (Å²) >= 11 is 12.0. The lowest BCUT2D eigenvalue weighted by molar-refractivity contribution is 0.176. The van der Waals surface area contributed by atoms with E-state index in [4.69, 9.17) is 27.9 Å². The van der Waals surface area contributed by atoms with Gasteiger partial charge >= 0.3 is 0 Å². The third kappa shape index (κ3) is 3.45. The van der Waals surface area contributed by atoms with Crippen LogP contribution in [0.5, 0.6) is 5.75 Å². The molecule has 106 valence electrons. The van der Waals surface area contributed by atoms with Gasteiger partial charge in [0.05, 0.1) is 13.2 Å². The Labute approximate surface area is 128 Å². The fraction of sp³-hybridized carbons (Fsp3) is 0.250. The van der Waals surface area contributed by atoms with Crippen molar-refractivity contribution in [2.24, 2.45) is 0 Å². The first-order valence-corrected chi connectivity index (χ1v) is 7.03. The van der Waals surface area contributed by atoms with Crippen LogP contribution >= 0.6 is 23.2 Å². The van der Waals surface area contributed by atoms with E-state index in [1.807, 2.05) is 25.1 Å². The van der Waals surface area contributed by atoms with E-state index in [2.05, 4.69) is 0 Å². The summed E-state index contributed by atoms with van der Waals surface area (Å²) in [5.74, 6) is 0.716. The van der Waals surface area contributed by atoms with Gasteiger partial charge in [0.15, 0.2) is 0 Å². The van der Waals surface area contributed by atoms with Gasteiger partial charge in [0, 0.05) is 16.5 Å². The topological polar surface area (TPSA) is 29.5 Å². The molecule has 0 heterocycles. The molecular weight excluding hydrogens is 295 g/mol. The molecule has 0 bridgehead atoms. The summed E-state index contributed by atoms with van der Waals surface area (Å²) in [4.78, 5) is 0. The third-order valence-corrected chi connectivity index (χ3v) is 3.73. The van der Waals surface area contributed by atoms with Crippen LogP contribution in [0.15, 0.2) is 36.4 Å². The summed E-state index contributed by atoms with van der Waals surface area (Å²) in [6.45, 7) is 1.95. The molecule has 0 saturated carbocycles. The van der Waals surface area contributed by atoms with Gasteiger partial charge in [-0.2, -0.15) is 0 Å². The molecule has 0 aliphatic rings. The zero-order valence-corrected chi connectivity index (χ0v) is 12.9. The molecule has 1 N–H and O–H groups in total. The minimum Gasteiger partial charge on any atom is -0.496 e. The smallest absolute Gasteiger partial charge is 0.122 e. The molecule has 2 aromatic carbocycles. The molecule has 0 spiro atoms. The van der Waals surface area contributed by atoms with E-state index in [0.29, 0.717) is 22.2 Å². The summed E-state index contributed by atoms with van der Waals surface area (Å²) in [6.07, 6.45) is -0.230. The lowest BCUT2D eigenvalue weighted by Gasteiger charge is -2.16. The molecule has 2 nitrogen and oxygen atoms in total. The molecule has 4 heteroatoms. The zero-order chi connectivity index (χ0) is 14.7. The Balaban J connectivity index is 2.29. The summed E-state index contributed by atoms with van der Waals surface area (Å²) < 4.78 is 5.30. The van der Waals surface area contributed by atoms with Crippen LogP contribution in [-0.2, 0) is 6.42 Å². The van der Waals surface area contributed by atoms with Crippen LogP contribution in [0.2, 0.25) is 10.0 Å². The second-order valence-electron chi connectivity index (χ2n) is 4.68. The maximum Gasteiger partial charge on any atom is 0.122 e. The van der Waals surface area contributed by atoms with Gasteiger partial charge in [-0.05, 0) is 53.9 Å². The van der Waals surface area contributed by atoms with Gasteiger partial charge in [-0.15, -0.1) is 0 Å². The van der Waals surface area contributed by atoms with Crippen LogP contribution in [0.25, 0.3) is 0 Å². The maximum atomic E-state index is 10.4. The predicted octanol–water partition coefficient (Wildman–Crippen LogP) is 4.59. The van der Waals surface area contributed by atoms with E-state index < -0.39 is 6.10 Å². The second kappa shape index (κ2) is 6.49. The van der Waals surface area contributed by atoms with Crippen molar-refractivity contribution >= 4 is 23.2 Å². The number of aliphatic hydroxyl groups is 1. The Morgan fingerprint density at radius 1 is 1.10 bits per heavy atom. The fourth-order valence-corrected chi connectivity index (χ4v) is 2.57. The quantitative estimate of drug-likeness (QED) is 0.895. The lowest BCUT2D eigenvalue weighted by Crippen LogP contribution is -2.05. The van der Waals surface area contributed by atoms with Crippen molar-refractivity contribution in [3.05, 3.63) is 63.1 Å². The summed E-state index contributed by atoms with van der Waals surface area (Å²) in [5, 5.41) is 11.7. The van der Waals surface area contributed by atoms with Gasteiger partial charge in [0.25, 0.3) is 0 Å². The number of hydrogen-bond acceptors (Lipinski definition) is 2. The van der Waals surface area contributed by atoms with Gasteiger partial charge < -0.3 is 9.84 Å². The zero-order valence-electron chi connectivity index (χ0n) is 11.4. The summed E-state index contributed by atoms with van der Waals surface area (Å²) in [7, 11) is 1.60. The van der Waals surface area contributed by atoms with Crippen LogP contribution < -0.4 is 4.74 Å². The molecule has 0 amide bonds. The van der Waals surface area contributed by atoms with Crippen LogP contribution in [-0.4, -0.2) is 12.2 Å². The maximum absolute atomic E-state index is 10.4. The molecule has 2 rings (SSSR count). The second-order valence-corrected chi connectivity index (χ2v) is 5.55. The Hall–Kier alpha value is -1.22. The molecular formula is C16H16Cl2O2. The van der Waals surface area contributed by atoms with Crippen molar-refractivity contribution in [1.82, 2.24) is 0 Å². The van der Waals surface area contributed by atoms with E-state index in [0.717, 1.165) is 16.7 Å². The van der Waals surface area contributed by atoms with Crippen molar-refractivity contribution in [2.75, 3.05) is 7.11 Å². The molecule has 1 atom stereocenters. The van der Waals surface area contributed by atoms with Crippen LogP contribution in [0.3, 0.4) is 0 Å². The lowest BCUT2D eigenvalue weighted by atomic mass is 9.97. The third-order valence-electron chi connectivity index (χ3n) is 3.26. The van der Waals surface area contributed by atoms with Gasteiger partial charge in [0.1, 0.15) is 5.75 Å². The number of hydrogen-bond donors (Lipinski definition) is 1. The van der Waals surface area contributed by atoms with Gasteiger partial charge in [-0.25, -0.2) is 0 Å². The Bertz CT molecular complexity index is 611. The van der Waals surface area contributed by atoms with Crippen molar-refractivity contribution in [3.8, 4) is 5.75 Å². The fourth-order valence-electron chi connectivity index (χ4n) is 2.20. The Morgan fingerprint density at radius 2 is 1.75 bits per heavy atom. The highest BCUT2D eigenvalue weighted by atomic mass is 35.5. The predicted molar refractivity (Wildman–Crippen MR) is 82.9 cm³/mol. The van der Waals surface area contributed by atoms with Gasteiger partial charge in [-0.1, -0.05) is 29.3 Å². The van der Waals surface area contributed by atoms with E-state index >= 15 is 0 Å². The molecule has 0 radical (unpaired) electrons. The first kappa shape index (κ1) is 15.2. The number of benzene rings is 2. The number of aliphatic hydroxyl groups excluding tert-OH is 1. The standard InChI is InChI=1S/C16H16Cl2O2/c1-10-3-4-13(18)9-14(10)15(19)8-11-7-12(17)5-6-16(11)20-2/h3-7,9,15,19H,8H2,1-2H3. The van der Waals surface area contributed by atoms with Crippen LogP contribution in [0, 0.1) is 6.92 Å². The largest absolute Gasteiger partial charge is 0.496 e. The molecule has 20 heavy (non-hydrogen) atoms. The number of aryl methyl sites for hydroxylation is 1. The van der Waals surface area contributed by atoms with Crippen molar-refractivity contribution in [2.45, 2.75) is 19.4 Å². The van der Waals surface area contributed by atoms with E-state index in [1.165, 1.54) is 0 Å². The normalized spacial score (nSPS) is 12.2. The van der Waals surface area contributed by atoms with Crippen molar-refractivity contribution in [3.63, 3.8) is 0 Å². The van der Waals surface area contributed by atoms with E-state index in [-0.39, 0.29) is 0 Å². The molecule has 0 saturated heterocycles. The molecule has 2 aromatic rings. The number of rotatable bonds is 4. The van der Waals surface area contributed by atoms with Crippen LogP contribution in [0.1, 0.15) is 22.8 Å². The molecule has 0 fully saturated rings. The average molecular weight is 311 g/mol. The molecule has 0 aliphatic carbocycles. The Kier molecular flexibility index (Phi) is 4.92. The first-order valence-electron chi connectivity index (χ1n) is 6.28. The van der Waals surface area contributed by atoms with E-state index in [1.54, 1.807) is 25.3 Å². The number of halogens is 2. The first-order chi connectivity index (χ1) is 9.51. The minimum absolute atomic E-state index is 0.422. The average Bonchev–Trinajstić information content (AvgIpc) is 2.41. The van der Waals surface area contributed by atoms with Gasteiger partial charge in [-0.3, -0.25) is 0 Å². The molecule has 0 aromatic heterocycles. The highest BCUT2D eigenvalue weighted by Crippen LogP contribution is 2.30. The van der Waals surface area contributed by atoms with Crippen molar-refractivity contribution < 1.29 is 9.84 Å². The molecule has 0 aliphatic heterocycles. The SMILES string of the molecule is COc1ccc(Cl)cc1CC(O)c1cc(Cl)ccc1C. The monoisotopic (exact) mass is 310 g/mol. The summed E-state index contributed by atoms with van der Waals surface area (Å²) in [6, 6.07) is 10.9. The van der Waals surface area contributed by atoms with E-state index in [9.17, 15) is 5.11 Å². The van der Waals surface area contributed by atoms with Crippen LogP contribution in [0.4, 0.5) is 0 Å². The highest BCUT2D eigenvalue weighted by molar-refractivity contribution is 6.31.